The summed E-state index contributed by atoms with van der Waals surface area (Å²) in [5, 5.41) is 12.7. The van der Waals surface area contributed by atoms with E-state index in [2.05, 4.69) is 20.5 Å². The van der Waals surface area contributed by atoms with Crippen LogP contribution in [0.1, 0.15) is 35.6 Å². The second-order valence-corrected chi connectivity index (χ2v) is 6.93. The molecule has 4 rings (SSSR count). The van der Waals surface area contributed by atoms with Gasteiger partial charge < -0.3 is 14.2 Å². The molecule has 0 bridgehead atoms. The smallest absolute Gasteiger partial charge is 0.280 e. The number of likely N-dealkylation sites (tertiary alicyclic amines) is 1. The van der Waals surface area contributed by atoms with Crippen molar-refractivity contribution in [1.82, 2.24) is 30.0 Å². The van der Waals surface area contributed by atoms with Crippen LogP contribution in [0, 0.1) is 0 Å². The van der Waals surface area contributed by atoms with Crippen molar-refractivity contribution in [1.29, 1.82) is 0 Å². The Balaban J connectivity index is 1.49. The molecule has 1 aromatic carbocycles. The van der Waals surface area contributed by atoms with E-state index in [9.17, 15) is 4.79 Å². The van der Waals surface area contributed by atoms with E-state index in [0.29, 0.717) is 53.3 Å². The molecule has 3 heterocycles. The van der Waals surface area contributed by atoms with Gasteiger partial charge in [-0.05, 0) is 24.6 Å². The fourth-order valence-corrected chi connectivity index (χ4v) is 3.39. The van der Waals surface area contributed by atoms with E-state index >= 15 is 0 Å². The van der Waals surface area contributed by atoms with Crippen LogP contribution in [-0.4, -0.2) is 56.1 Å². The number of hydrogen-bond donors (Lipinski definition) is 0. The summed E-state index contributed by atoms with van der Waals surface area (Å²) in [6.07, 6.45) is 3.22. The zero-order valence-corrected chi connectivity index (χ0v) is 16.3. The molecule has 0 N–H and O–H groups in total. The first-order valence-corrected chi connectivity index (χ1v) is 9.34. The van der Waals surface area contributed by atoms with Crippen molar-refractivity contribution in [3.8, 4) is 17.3 Å². The van der Waals surface area contributed by atoms with Gasteiger partial charge in [0.15, 0.2) is 11.5 Å². The summed E-state index contributed by atoms with van der Waals surface area (Å²) in [4.78, 5) is 19.0. The standard InChI is InChI=1S/C18H19ClN6O3/c1-3-16-20-17(28-22-16)14-10-25(23-21-14)12-6-7-24(9-12)18(26)13-8-11(19)4-5-15(13)27-2/h4-5,8,10,12H,3,6-7,9H2,1-2H3/t12-/m1/s1. The van der Waals surface area contributed by atoms with Gasteiger partial charge in [0.25, 0.3) is 11.8 Å². The van der Waals surface area contributed by atoms with Gasteiger partial charge in [-0.1, -0.05) is 28.9 Å². The Bertz CT molecular complexity index is 1000. The second-order valence-electron chi connectivity index (χ2n) is 6.49. The van der Waals surface area contributed by atoms with Crippen LogP contribution in [0.25, 0.3) is 11.6 Å². The third-order valence-electron chi connectivity index (χ3n) is 4.73. The van der Waals surface area contributed by atoms with Crippen LogP contribution in [0.3, 0.4) is 0 Å². The lowest BCUT2D eigenvalue weighted by atomic mass is 10.1. The highest BCUT2D eigenvalue weighted by atomic mass is 35.5. The van der Waals surface area contributed by atoms with Crippen molar-refractivity contribution in [2.45, 2.75) is 25.8 Å². The number of ether oxygens (including phenoxy) is 1. The van der Waals surface area contributed by atoms with Gasteiger partial charge in [0, 0.05) is 24.5 Å². The molecule has 1 atom stereocenters. The summed E-state index contributed by atoms with van der Waals surface area (Å²) in [7, 11) is 1.53. The number of methoxy groups -OCH3 is 1. The van der Waals surface area contributed by atoms with Crippen LogP contribution < -0.4 is 4.74 Å². The van der Waals surface area contributed by atoms with Crippen LogP contribution >= 0.6 is 11.6 Å². The molecule has 28 heavy (non-hydrogen) atoms. The van der Waals surface area contributed by atoms with Crippen LogP contribution in [0.2, 0.25) is 5.02 Å². The number of benzene rings is 1. The van der Waals surface area contributed by atoms with E-state index < -0.39 is 0 Å². The molecule has 0 aliphatic carbocycles. The highest BCUT2D eigenvalue weighted by molar-refractivity contribution is 6.31. The number of amides is 1. The summed E-state index contributed by atoms with van der Waals surface area (Å²) in [5.41, 5.74) is 0.973. The zero-order valence-electron chi connectivity index (χ0n) is 15.5. The van der Waals surface area contributed by atoms with Crippen molar-refractivity contribution in [3.63, 3.8) is 0 Å². The van der Waals surface area contributed by atoms with Crippen molar-refractivity contribution < 1.29 is 14.1 Å². The number of hydrogen-bond acceptors (Lipinski definition) is 7. The topological polar surface area (TPSA) is 99.2 Å². The lowest BCUT2D eigenvalue weighted by Crippen LogP contribution is -2.29. The maximum absolute atomic E-state index is 12.9. The summed E-state index contributed by atoms with van der Waals surface area (Å²) < 4.78 is 12.2. The Morgan fingerprint density at radius 3 is 3.04 bits per heavy atom. The lowest BCUT2D eigenvalue weighted by molar-refractivity contribution is 0.0783. The van der Waals surface area contributed by atoms with Crippen molar-refractivity contribution >= 4 is 17.5 Å². The number of aromatic nitrogens is 5. The van der Waals surface area contributed by atoms with E-state index in [-0.39, 0.29) is 11.9 Å². The third kappa shape index (κ3) is 3.45. The van der Waals surface area contributed by atoms with Gasteiger partial charge in [-0.15, -0.1) is 5.10 Å². The van der Waals surface area contributed by atoms with Gasteiger partial charge in [-0.25, -0.2) is 4.68 Å². The van der Waals surface area contributed by atoms with Gasteiger partial charge in [-0.2, -0.15) is 4.98 Å². The second kappa shape index (κ2) is 7.59. The quantitative estimate of drug-likeness (QED) is 0.646. The minimum absolute atomic E-state index is 0.0175. The molecule has 3 aromatic rings. The average Bonchev–Trinajstić information content (AvgIpc) is 3.46. The Morgan fingerprint density at radius 1 is 1.43 bits per heavy atom. The zero-order chi connectivity index (χ0) is 19.7. The molecule has 1 fully saturated rings. The molecular weight excluding hydrogens is 384 g/mol. The largest absolute Gasteiger partial charge is 0.496 e. The molecule has 0 unspecified atom stereocenters. The summed E-state index contributed by atoms with van der Waals surface area (Å²) in [6.45, 7) is 3.07. The molecule has 1 amide bonds. The number of carbonyl (C=O) groups excluding carboxylic acids is 1. The Kier molecular flexibility index (Phi) is 4.99. The molecule has 0 radical (unpaired) electrons. The first-order chi connectivity index (χ1) is 13.6. The fourth-order valence-electron chi connectivity index (χ4n) is 3.21. The van der Waals surface area contributed by atoms with Gasteiger partial charge in [0.1, 0.15) is 5.75 Å². The summed E-state index contributed by atoms with van der Waals surface area (Å²) in [6, 6.07) is 5.04. The van der Waals surface area contributed by atoms with Crippen molar-refractivity contribution in [2.75, 3.05) is 20.2 Å². The molecular formula is C18H19ClN6O3. The van der Waals surface area contributed by atoms with E-state index in [1.165, 1.54) is 7.11 Å². The number of carbonyl (C=O) groups is 1. The molecule has 0 spiro atoms. The Labute approximate surface area is 166 Å². The highest BCUT2D eigenvalue weighted by Gasteiger charge is 2.30. The molecule has 10 heteroatoms. The molecule has 0 saturated carbocycles. The first-order valence-electron chi connectivity index (χ1n) is 8.96. The predicted molar refractivity (Wildman–Crippen MR) is 100 cm³/mol. The van der Waals surface area contributed by atoms with E-state index in [0.717, 1.165) is 6.42 Å². The average molecular weight is 403 g/mol. The molecule has 1 aliphatic rings. The molecule has 2 aromatic heterocycles. The molecule has 146 valence electrons. The molecule has 1 saturated heterocycles. The Hall–Kier alpha value is -2.94. The summed E-state index contributed by atoms with van der Waals surface area (Å²) >= 11 is 6.05. The van der Waals surface area contributed by atoms with Crippen LogP contribution in [0.15, 0.2) is 28.9 Å². The predicted octanol–water partition coefficient (Wildman–Crippen LogP) is 2.64. The normalized spacial score (nSPS) is 16.5. The Morgan fingerprint density at radius 2 is 2.29 bits per heavy atom. The van der Waals surface area contributed by atoms with Gasteiger partial charge in [-0.3, -0.25) is 4.79 Å². The minimum atomic E-state index is -0.119. The maximum atomic E-state index is 12.9. The van der Waals surface area contributed by atoms with E-state index in [4.69, 9.17) is 20.9 Å². The molecule has 9 nitrogen and oxygen atoms in total. The maximum Gasteiger partial charge on any atom is 0.280 e. The highest BCUT2D eigenvalue weighted by Crippen LogP contribution is 2.28. The fraction of sp³-hybridized carbons (Fsp3) is 0.389. The van der Waals surface area contributed by atoms with Crippen LogP contribution in [-0.2, 0) is 6.42 Å². The monoisotopic (exact) mass is 402 g/mol. The first kappa shape index (κ1) is 18.4. The third-order valence-corrected chi connectivity index (χ3v) is 4.97. The van der Waals surface area contributed by atoms with Gasteiger partial charge in [0.2, 0.25) is 0 Å². The minimum Gasteiger partial charge on any atom is -0.496 e. The van der Waals surface area contributed by atoms with Crippen LogP contribution in [0.4, 0.5) is 0 Å². The number of aryl methyl sites for hydroxylation is 1. The van der Waals surface area contributed by atoms with Crippen molar-refractivity contribution in [2.24, 2.45) is 0 Å². The lowest BCUT2D eigenvalue weighted by Gasteiger charge is -2.18. The number of rotatable bonds is 5. The SMILES string of the molecule is CCc1noc(-c2cn([C@@H]3CCN(C(=O)c4cc(Cl)ccc4OC)C3)nn2)n1. The van der Waals surface area contributed by atoms with Crippen LogP contribution in [0.5, 0.6) is 5.75 Å². The van der Waals surface area contributed by atoms with Crippen molar-refractivity contribution in [3.05, 3.63) is 40.8 Å². The summed E-state index contributed by atoms with van der Waals surface area (Å²) in [5.74, 6) is 1.35. The van der Waals surface area contributed by atoms with E-state index in [1.54, 1.807) is 34.0 Å². The molecule has 1 aliphatic heterocycles. The number of nitrogens with zero attached hydrogens (tertiary/aromatic N) is 6. The number of halogens is 1. The van der Waals surface area contributed by atoms with Gasteiger partial charge >= 0.3 is 0 Å². The van der Waals surface area contributed by atoms with E-state index in [1.807, 2.05) is 6.92 Å². The van der Waals surface area contributed by atoms with Gasteiger partial charge in [0.05, 0.1) is 24.9 Å².